The van der Waals surface area contributed by atoms with Gasteiger partial charge in [0.25, 0.3) is 0 Å². The fourth-order valence-corrected chi connectivity index (χ4v) is 1.75. The molecule has 5 nitrogen and oxygen atoms in total. The molecule has 0 saturated carbocycles. The van der Waals surface area contributed by atoms with Crippen molar-refractivity contribution >= 4 is 17.5 Å². The second kappa shape index (κ2) is 5.31. The maximum Gasteiger partial charge on any atom is 0.213 e. The number of nitrogens with two attached hydrogens (primary N) is 1. The Morgan fingerprint density at radius 2 is 2.12 bits per heavy atom. The number of allylic oxidation sites excluding steroid dienone is 1. The highest BCUT2D eigenvalue weighted by molar-refractivity contribution is 8.02. The zero-order valence-corrected chi connectivity index (χ0v) is 9.67. The van der Waals surface area contributed by atoms with Crippen molar-refractivity contribution < 1.29 is 4.79 Å². The van der Waals surface area contributed by atoms with Crippen LogP contribution in [0.15, 0.2) is 53.3 Å². The van der Waals surface area contributed by atoms with Gasteiger partial charge in [0.2, 0.25) is 5.16 Å². The van der Waals surface area contributed by atoms with Crippen molar-refractivity contribution in [2.75, 3.05) is 5.84 Å². The van der Waals surface area contributed by atoms with E-state index in [1.54, 1.807) is 17.5 Å². The van der Waals surface area contributed by atoms with Crippen LogP contribution < -0.4 is 5.84 Å². The van der Waals surface area contributed by atoms with Gasteiger partial charge in [-0.2, -0.15) is 0 Å². The van der Waals surface area contributed by atoms with E-state index in [2.05, 4.69) is 10.2 Å². The Labute approximate surface area is 102 Å². The molecule has 17 heavy (non-hydrogen) atoms. The zero-order chi connectivity index (χ0) is 12.1. The molecule has 86 valence electrons. The average Bonchev–Trinajstić information content (AvgIpc) is 2.76. The van der Waals surface area contributed by atoms with Crippen molar-refractivity contribution in [1.29, 1.82) is 0 Å². The Kier molecular flexibility index (Phi) is 3.56. The molecular weight excluding hydrogens is 236 g/mol. The highest BCUT2D eigenvalue weighted by atomic mass is 32.2. The summed E-state index contributed by atoms with van der Waals surface area (Å²) in [5, 5.41) is 9.57. The summed E-state index contributed by atoms with van der Waals surface area (Å²) in [6.45, 7) is 0. The Bertz CT molecular complexity index is 535. The van der Waals surface area contributed by atoms with Crippen LogP contribution in [0.4, 0.5) is 0 Å². The van der Waals surface area contributed by atoms with Crippen LogP contribution in [0.3, 0.4) is 0 Å². The Balaban J connectivity index is 1.98. The summed E-state index contributed by atoms with van der Waals surface area (Å²) in [6, 6.07) is 9.05. The van der Waals surface area contributed by atoms with Crippen LogP contribution in [0.2, 0.25) is 0 Å². The molecule has 0 unspecified atom stereocenters. The van der Waals surface area contributed by atoms with Gasteiger partial charge >= 0.3 is 0 Å². The van der Waals surface area contributed by atoms with Gasteiger partial charge in [0, 0.05) is 5.56 Å². The lowest BCUT2D eigenvalue weighted by Crippen LogP contribution is -2.07. The predicted molar refractivity (Wildman–Crippen MR) is 65.9 cm³/mol. The number of benzene rings is 1. The second-order valence-corrected chi connectivity index (χ2v) is 4.04. The van der Waals surface area contributed by atoms with E-state index >= 15 is 0 Å². The van der Waals surface area contributed by atoms with Crippen LogP contribution in [-0.4, -0.2) is 20.7 Å². The lowest BCUT2D eigenvalue weighted by molar-refractivity contribution is 0.104. The van der Waals surface area contributed by atoms with E-state index in [4.69, 9.17) is 5.84 Å². The number of carbonyl (C=O) groups is 1. The third-order valence-corrected chi connectivity index (χ3v) is 2.77. The first-order valence-electron chi connectivity index (χ1n) is 4.85. The smallest absolute Gasteiger partial charge is 0.213 e. The molecular formula is C11H10N4OS. The molecule has 2 rings (SSSR count). The maximum absolute atomic E-state index is 11.7. The molecule has 1 heterocycles. The zero-order valence-electron chi connectivity index (χ0n) is 8.85. The lowest BCUT2D eigenvalue weighted by atomic mass is 10.1. The third-order valence-electron chi connectivity index (χ3n) is 1.99. The number of ketones is 1. The number of thioether (sulfide) groups is 1. The summed E-state index contributed by atoms with van der Waals surface area (Å²) in [5.74, 6) is 5.47. The number of hydrogen-bond acceptors (Lipinski definition) is 5. The summed E-state index contributed by atoms with van der Waals surface area (Å²) in [6.07, 6.45) is 2.88. The number of hydrogen-bond donors (Lipinski definition) is 1. The molecule has 1 aromatic heterocycles. The third kappa shape index (κ3) is 2.94. The average molecular weight is 246 g/mol. The van der Waals surface area contributed by atoms with Crippen molar-refractivity contribution in [3.8, 4) is 0 Å². The number of aromatic nitrogens is 3. The van der Waals surface area contributed by atoms with Gasteiger partial charge in [-0.25, -0.2) is 4.68 Å². The van der Waals surface area contributed by atoms with Gasteiger partial charge in [-0.3, -0.25) is 4.79 Å². The number of rotatable bonds is 4. The molecule has 0 aliphatic rings. The van der Waals surface area contributed by atoms with E-state index in [0.29, 0.717) is 10.7 Å². The molecule has 0 fully saturated rings. The molecule has 0 aliphatic heterocycles. The first-order chi connectivity index (χ1) is 8.27. The lowest BCUT2D eigenvalue weighted by Gasteiger charge is -1.95. The van der Waals surface area contributed by atoms with Crippen LogP contribution in [0.5, 0.6) is 0 Å². The molecule has 2 aromatic rings. The minimum absolute atomic E-state index is 0.0545. The van der Waals surface area contributed by atoms with Crippen molar-refractivity contribution in [2.45, 2.75) is 5.16 Å². The van der Waals surface area contributed by atoms with Gasteiger partial charge in [0.05, 0.1) is 0 Å². The second-order valence-electron chi connectivity index (χ2n) is 3.17. The summed E-state index contributed by atoms with van der Waals surface area (Å²) in [4.78, 5) is 11.7. The fourth-order valence-electron chi connectivity index (χ4n) is 1.17. The van der Waals surface area contributed by atoms with Gasteiger partial charge in [-0.15, -0.1) is 10.2 Å². The van der Waals surface area contributed by atoms with E-state index < -0.39 is 0 Å². The molecule has 0 atom stereocenters. The summed E-state index contributed by atoms with van der Waals surface area (Å²) in [7, 11) is 0. The van der Waals surface area contributed by atoms with Crippen LogP contribution >= 0.6 is 11.8 Å². The summed E-state index contributed by atoms with van der Waals surface area (Å²) < 4.78 is 1.29. The number of carbonyl (C=O) groups excluding carboxylic acids is 1. The number of nitrogen functional groups attached to an aromatic ring is 1. The molecule has 2 N–H and O–H groups in total. The van der Waals surface area contributed by atoms with Crippen molar-refractivity contribution in [1.82, 2.24) is 14.9 Å². The predicted octanol–water partition coefficient (Wildman–Crippen LogP) is 1.48. The van der Waals surface area contributed by atoms with Crippen LogP contribution in [0, 0.1) is 0 Å². The topological polar surface area (TPSA) is 73.8 Å². The van der Waals surface area contributed by atoms with E-state index in [1.807, 2.05) is 18.2 Å². The molecule has 0 saturated heterocycles. The summed E-state index contributed by atoms with van der Waals surface area (Å²) in [5.41, 5.74) is 0.651. The molecule has 0 spiro atoms. The highest BCUT2D eigenvalue weighted by Crippen LogP contribution is 2.14. The SMILES string of the molecule is Nn1cnnc1SC=CC(=O)c1ccccc1. The maximum atomic E-state index is 11.7. The molecule has 1 aromatic carbocycles. The normalized spacial score (nSPS) is 10.8. The van der Waals surface area contributed by atoms with Crippen molar-refractivity contribution in [3.05, 3.63) is 53.7 Å². The molecule has 0 radical (unpaired) electrons. The van der Waals surface area contributed by atoms with E-state index in [9.17, 15) is 4.79 Å². The standard InChI is InChI=1S/C11H10N4OS/c12-15-8-13-14-11(15)17-7-6-10(16)9-4-2-1-3-5-9/h1-8H,12H2. The van der Waals surface area contributed by atoms with E-state index in [0.717, 1.165) is 0 Å². The summed E-state index contributed by atoms with van der Waals surface area (Å²) >= 11 is 1.24. The first kappa shape index (κ1) is 11.4. The number of nitrogens with zero attached hydrogens (tertiary/aromatic N) is 3. The van der Waals surface area contributed by atoms with E-state index in [1.165, 1.54) is 28.8 Å². The van der Waals surface area contributed by atoms with Gasteiger partial charge in [-0.05, 0) is 11.5 Å². The van der Waals surface area contributed by atoms with Gasteiger partial charge < -0.3 is 5.84 Å². The fraction of sp³-hybridized carbons (Fsp3) is 0. The Hall–Kier alpha value is -2.08. The Morgan fingerprint density at radius 1 is 1.35 bits per heavy atom. The van der Waals surface area contributed by atoms with E-state index in [-0.39, 0.29) is 5.78 Å². The molecule has 0 bridgehead atoms. The monoisotopic (exact) mass is 246 g/mol. The van der Waals surface area contributed by atoms with Crippen LogP contribution in [-0.2, 0) is 0 Å². The first-order valence-corrected chi connectivity index (χ1v) is 5.73. The van der Waals surface area contributed by atoms with Crippen LogP contribution in [0.25, 0.3) is 0 Å². The molecule has 6 heteroatoms. The van der Waals surface area contributed by atoms with Gasteiger partial charge in [0.15, 0.2) is 5.78 Å². The Morgan fingerprint density at radius 3 is 2.76 bits per heavy atom. The minimum atomic E-state index is -0.0545. The molecule has 0 amide bonds. The van der Waals surface area contributed by atoms with Crippen molar-refractivity contribution in [2.24, 2.45) is 0 Å². The minimum Gasteiger partial charge on any atom is -0.336 e. The molecule has 0 aliphatic carbocycles. The highest BCUT2D eigenvalue weighted by Gasteiger charge is 2.01. The quantitative estimate of drug-likeness (QED) is 0.383. The van der Waals surface area contributed by atoms with Gasteiger partial charge in [0.1, 0.15) is 6.33 Å². The van der Waals surface area contributed by atoms with Crippen molar-refractivity contribution in [3.63, 3.8) is 0 Å². The van der Waals surface area contributed by atoms with Gasteiger partial charge in [-0.1, -0.05) is 42.1 Å². The van der Waals surface area contributed by atoms with Crippen LogP contribution in [0.1, 0.15) is 10.4 Å². The largest absolute Gasteiger partial charge is 0.336 e.